The van der Waals surface area contributed by atoms with Crippen LogP contribution in [0.5, 0.6) is 0 Å². The molecule has 0 bridgehead atoms. The maximum Gasteiger partial charge on any atom is 0.308 e. The number of aliphatic imine (C=N–C) groups is 1. The Labute approximate surface area is 161 Å². The number of nitrogens with zero attached hydrogens (tertiary/aromatic N) is 2. The largest absolute Gasteiger partial charge is 0.469 e. The first-order valence-corrected chi connectivity index (χ1v) is 8.54. The first-order valence-electron chi connectivity index (χ1n) is 8.54. The lowest BCUT2D eigenvalue weighted by Gasteiger charge is -2.33. The molecule has 1 amide bonds. The summed E-state index contributed by atoms with van der Waals surface area (Å²) in [5.74, 6) is 1.14. The maximum absolute atomic E-state index is 11.6. The van der Waals surface area contributed by atoms with Crippen LogP contribution in [0.4, 0.5) is 0 Å². The van der Waals surface area contributed by atoms with Gasteiger partial charge in [-0.1, -0.05) is 0 Å². The number of esters is 1. The van der Waals surface area contributed by atoms with Crippen LogP contribution < -0.4 is 10.6 Å². The van der Waals surface area contributed by atoms with E-state index < -0.39 is 0 Å². The van der Waals surface area contributed by atoms with Crippen molar-refractivity contribution in [3.63, 3.8) is 0 Å². The van der Waals surface area contributed by atoms with Gasteiger partial charge in [-0.2, -0.15) is 0 Å². The van der Waals surface area contributed by atoms with E-state index in [2.05, 4.69) is 20.5 Å². The van der Waals surface area contributed by atoms with Crippen LogP contribution in [-0.4, -0.2) is 62.6 Å². The van der Waals surface area contributed by atoms with Crippen molar-refractivity contribution in [2.24, 2.45) is 16.8 Å². The zero-order chi connectivity index (χ0) is 16.7. The van der Waals surface area contributed by atoms with E-state index in [1.165, 1.54) is 7.11 Å². The van der Waals surface area contributed by atoms with Gasteiger partial charge in [0.05, 0.1) is 19.6 Å². The van der Waals surface area contributed by atoms with Crippen LogP contribution in [0.2, 0.25) is 0 Å². The Kier molecular flexibility index (Phi) is 9.38. The molecule has 24 heavy (non-hydrogen) atoms. The minimum Gasteiger partial charge on any atom is -0.469 e. The maximum atomic E-state index is 11.6. The van der Waals surface area contributed by atoms with Crippen molar-refractivity contribution in [2.75, 3.05) is 39.8 Å². The second-order valence-electron chi connectivity index (χ2n) is 6.09. The number of rotatable bonds is 6. The minimum atomic E-state index is -0.116. The van der Waals surface area contributed by atoms with Gasteiger partial charge in [0.2, 0.25) is 5.91 Å². The van der Waals surface area contributed by atoms with Crippen LogP contribution in [0.15, 0.2) is 4.99 Å². The van der Waals surface area contributed by atoms with Gasteiger partial charge >= 0.3 is 5.97 Å². The molecule has 0 aromatic carbocycles. The molecule has 2 N–H and O–H groups in total. The molecule has 1 saturated carbocycles. The highest BCUT2D eigenvalue weighted by molar-refractivity contribution is 14.0. The standard InChI is InChI=1S/C16H28N4O3.HI/c1-3-17-16(19-9-8-18-14(21)12-4-5-12)20-10-6-13(7-11-20)15(22)23-2;/h12-13H,3-11H2,1-2H3,(H,17,19)(H,18,21);1H. The Morgan fingerprint density at radius 3 is 2.33 bits per heavy atom. The minimum absolute atomic E-state index is 0. The van der Waals surface area contributed by atoms with Crippen LogP contribution in [0.3, 0.4) is 0 Å². The summed E-state index contributed by atoms with van der Waals surface area (Å²) < 4.78 is 4.82. The Balaban J connectivity index is 0.00000288. The molecule has 0 aromatic rings. The van der Waals surface area contributed by atoms with Crippen LogP contribution >= 0.6 is 24.0 Å². The summed E-state index contributed by atoms with van der Waals surface area (Å²) in [4.78, 5) is 29.9. The number of likely N-dealkylation sites (tertiary alicyclic amines) is 1. The lowest BCUT2D eigenvalue weighted by Crippen LogP contribution is -2.47. The summed E-state index contributed by atoms with van der Waals surface area (Å²) in [6, 6.07) is 0. The first-order chi connectivity index (χ1) is 11.2. The SMILES string of the molecule is CCNC(=NCCNC(=O)C1CC1)N1CCC(C(=O)OC)CC1.I. The van der Waals surface area contributed by atoms with Crippen LogP contribution in [0.25, 0.3) is 0 Å². The summed E-state index contributed by atoms with van der Waals surface area (Å²) in [5.41, 5.74) is 0. The highest BCUT2D eigenvalue weighted by Gasteiger charge is 2.29. The number of hydrogen-bond acceptors (Lipinski definition) is 4. The number of methoxy groups -OCH3 is 1. The van der Waals surface area contributed by atoms with Crippen molar-refractivity contribution in [1.29, 1.82) is 0 Å². The molecular weight excluding hydrogens is 423 g/mol. The number of carbonyl (C=O) groups is 2. The van der Waals surface area contributed by atoms with E-state index in [4.69, 9.17) is 4.74 Å². The van der Waals surface area contributed by atoms with Gasteiger partial charge < -0.3 is 20.3 Å². The second-order valence-corrected chi connectivity index (χ2v) is 6.09. The molecular formula is C16H29IN4O3. The number of nitrogens with one attached hydrogen (secondary N) is 2. The average molecular weight is 452 g/mol. The van der Waals surface area contributed by atoms with E-state index in [-0.39, 0.29) is 47.7 Å². The van der Waals surface area contributed by atoms with E-state index in [0.717, 1.165) is 51.3 Å². The predicted octanol–water partition coefficient (Wildman–Crippen LogP) is 0.981. The van der Waals surface area contributed by atoms with Gasteiger partial charge in [0.15, 0.2) is 5.96 Å². The van der Waals surface area contributed by atoms with Crippen LogP contribution in [-0.2, 0) is 14.3 Å². The topological polar surface area (TPSA) is 83.0 Å². The molecule has 0 atom stereocenters. The molecule has 2 aliphatic rings. The molecule has 0 spiro atoms. The Morgan fingerprint density at radius 2 is 1.79 bits per heavy atom. The van der Waals surface area contributed by atoms with Crippen LogP contribution in [0.1, 0.15) is 32.6 Å². The lowest BCUT2D eigenvalue weighted by atomic mass is 9.97. The first kappa shape index (κ1) is 21.0. The number of amides is 1. The molecule has 0 radical (unpaired) electrons. The fraction of sp³-hybridized carbons (Fsp3) is 0.812. The second kappa shape index (κ2) is 10.7. The molecule has 0 aromatic heterocycles. The van der Waals surface area contributed by atoms with E-state index in [0.29, 0.717) is 13.1 Å². The number of ether oxygens (including phenoxy) is 1. The van der Waals surface area contributed by atoms with E-state index in [1.54, 1.807) is 0 Å². The fourth-order valence-electron chi connectivity index (χ4n) is 2.75. The number of carbonyl (C=O) groups excluding carboxylic acids is 2. The molecule has 7 nitrogen and oxygen atoms in total. The third-order valence-electron chi connectivity index (χ3n) is 4.28. The number of halogens is 1. The molecule has 1 aliphatic heterocycles. The van der Waals surface area contributed by atoms with Crippen molar-refractivity contribution in [1.82, 2.24) is 15.5 Å². The summed E-state index contributed by atoms with van der Waals surface area (Å²) in [6.45, 7) is 5.55. The van der Waals surface area contributed by atoms with E-state index in [1.807, 2.05) is 6.92 Å². The summed E-state index contributed by atoms with van der Waals surface area (Å²) in [6.07, 6.45) is 3.62. The third-order valence-corrected chi connectivity index (χ3v) is 4.28. The van der Waals surface area contributed by atoms with E-state index >= 15 is 0 Å². The predicted molar refractivity (Wildman–Crippen MR) is 103 cm³/mol. The number of guanidine groups is 1. The highest BCUT2D eigenvalue weighted by atomic mass is 127. The van der Waals surface area contributed by atoms with Crippen molar-refractivity contribution >= 4 is 41.8 Å². The van der Waals surface area contributed by atoms with Gasteiger partial charge in [-0.3, -0.25) is 14.6 Å². The van der Waals surface area contributed by atoms with Gasteiger partial charge in [0.25, 0.3) is 0 Å². The number of piperidine rings is 1. The van der Waals surface area contributed by atoms with Gasteiger partial charge in [-0.15, -0.1) is 24.0 Å². The number of hydrogen-bond donors (Lipinski definition) is 2. The molecule has 1 aliphatic carbocycles. The zero-order valence-electron chi connectivity index (χ0n) is 14.5. The van der Waals surface area contributed by atoms with Crippen molar-refractivity contribution in [3.8, 4) is 0 Å². The van der Waals surface area contributed by atoms with Gasteiger partial charge in [0.1, 0.15) is 0 Å². The fourth-order valence-corrected chi connectivity index (χ4v) is 2.75. The average Bonchev–Trinajstić information content (AvgIpc) is 3.42. The molecule has 1 heterocycles. The molecule has 2 rings (SSSR count). The smallest absolute Gasteiger partial charge is 0.308 e. The highest BCUT2D eigenvalue weighted by Crippen LogP contribution is 2.28. The molecule has 1 saturated heterocycles. The Morgan fingerprint density at radius 1 is 1.12 bits per heavy atom. The van der Waals surface area contributed by atoms with Gasteiger partial charge in [-0.25, -0.2) is 0 Å². The zero-order valence-corrected chi connectivity index (χ0v) is 16.9. The summed E-state index contributed by atoms with van der Waals surface area (Å²) >= 11 is 0. The summed E-state index contributed by atoms with van der Waals surface area (Å²) in [7, 11) is 1.44. The van der Waals surface area contributed by atoms with Gasteiger partial charge in [0, 0.05) is 32.1 Å². The Bertz CT molecular complexity index is 447. The third kappa shape index (κ3) is 6.45. The summed E-state index contributed by atoms with van der Waals surface area (Å²) in [5, 5.41) is 6.20. The normalized spacial score (nSPS) is 18.6. The van der Waals surface area contributed by atoms with Crippen molar-refractivity contribution < 1.29 is 14.3 Å². The van der Waals surface area contributed by atoms with Crippen molar-refractivity contribution in [3.05, 3.63) is 0 Å². The van der Waals surface area contributed by atoms with Gasteiger partial charge in [-0.05, 0) is 32.6 Å². The van der Waals surface area contributed by atoms with E-state index in [9.17, 15) is 9.59 Å². The molecule has 0 unspecified atom stereocenters. The lowest BCUT2D eigenvalue weighted by molar-refractivity contribution is -0.146. The van der Waals surface area contributed by atoms with Crippen molar-refractivity contribution in [2.45, 2.75) is 32.6 Å². The quantitative estimate of drug-likeness (QED) is 0.207. The van der Waals surface area contributed by atoms with Crippen LogP contribution in [0, 0.1) is 11.8 Å². The Hall–Kier alpha value is -1.06. The molecule has 8 heteroatoms. The molecule has 138 valence electrons. The molecule has 2 fully saturated rings. The monoisotopic (exact) mass is 452 g/mol.